The lowest BCUT2D eigenvalue weighted by Gasteiger charge is -2.14. The van der Waals surface area contributed by atoms with Crippen LogP contribution in [0.25, 0.3) is 0 Å². The van der Waals surface area contributed by atoms with Crippen molar-refractivity contribution in [1.82, 2.24) is 10.3 Å². The molecule has 2 rings (SSSR count). The molecule has 1 atom stereocenters. The molecule has 0 aliphatic heterocycles. The fourth-order valence-electron chi connectivity index (χ4n) is 2.32. The van der Waals surface area contributed by atoms with Gasteiger partial charge in [0.15, 0.2) is 0 Å². The Labute approximate surface area is 155 Å². The van der Waals surface area contributed by atoms with Crippen molar-refractivity contribution in [3.63, 3.8) is 0 Å². The Bertz CT molecular complexity index is 779. The number of carboxylic acids is 1. The molecule has 27 heavy (non-hydrogen) atoms. The number of amides is 1. The monoisotopic (exact) mass is 373 g/mol. The van der Waals surface area contributed by atoms with Gasteiger partial charge in [-0.2, -0.15) is 0 Å². The van der Waals surface area contributed by atoms with Crippen LogP contribution in [0.2, 0.25) is 0 Å². The van der Waals surface area contributed by atoms with Crippen LogP contribution in [0.3, 0.4) is 0 Å². The number of hydrogen-bond acceptors (Lipinski definition) is 6. The minimum absolute atomic E-state index is 0.0473. The first-order valence-electron chi connectivity index (χ1n) is 8.25. The zero-order valence-electron chi connectivity index (χ0n) is 14.4. The summed E-state index contributed by atoms with van der Waals surface area (Å²) in [7, 11) is 0. The second-order valence-corrected chi connectivity index (χ2v) is 5.75. The summed E-state index contributed by atoms with van der Waals surface area (Å²) >= 11 is 0. The first-order valence-corrected chi connectivity index (χ1v) is 8.25. The second kappa shape index (κ2) is 9.85. The van der Waals surface area contributed by atoms with Gasteiger partial charge in [0.05, 0.1) is 4.92 Å². The minimum Gasteiger partial charge on any atom is -0.480 e. The lowest BCUT2D eigenvalue weighted by molar-refractivity contribution is -0.385. The van der Waals surface area contributed by atoms with Gasteiger partial charge in [0.2, 0.25) is 0 Å². The highest BCUT2D eigenvalue weighted by Crippen LogP contribution is 2.11. The van der Waals surface area contributed by atoms with Crippen LogP contribution in [0.1, 0.15) is 24.1 Å². The van der Waals surface area contributed by atoms with Gasteiger partial charge in [0.1, 0.15) is 18.8 Å². The fourth-order valence-corrected chi connectivity index (χ4v) is 2.32. The molecule has 1 heterocycles. The number of carbonyl (C=O) groups excluding carboxylic acids is 1. The largest absolute Gasteiger partial charge is 0.480 e. The molecule has 0 spiro atoms. The van der Waals surface area contributed by atoms with E-state index in [1.54, 1.807) is 12.1 Å². The smallest absolute Gasteiger partial charge is 0.408 e. The zero-order valence-corrected chi connectivity index (χ0v) is 14.4. The normalized spacial score (nSPS) is 11.4. The molecule has 0 radical (unpaired) electrons. The zero-order chi connectivity index (χ0) is 19.6. The number of carbonyl (C=O) groups is 2. The second-order valence-electron chi connectivity index (χ2n) is 5.75. The van der Waals surface area contributed by atoms with E-state index in [4.69, 9.17) is 4.74 Å². The van der Waals surface area contributed by atoms with Gasteiger partial charge in [-0.1, -0.05) is 30.3 Å². The molecular weight excluding hydrogens is 354 g/mol. The van der Waals surface area contributed by atoms with Crippen molar-refractivity contribution in [3.8, 4) is 0 Å². The van der Waals surface area contributed by atoms with Gasteiger partial charge in [0, 0.05) is 11.8 Å². The Morgan fingerprint density at radius 3 is 2.56 bits per heavy atom. The number of alkyl carbamates (subject to hydrolysis) is 1. The third-order valence-electron chi connectivity index (χ3n) is 3.75. The molecule has 1 amide bonds. The maximum atomic E-state index is 11.8. The van der Waals surface area contributed by atoms with E-state index in [-0.39, 0.29) is 18.7 Å². The fraction of sp³-hybridized carbons (Fsp3) is 0.278. The molecule has 0 aliphatic carbocycles. The molecule has 1 aromatic heterocycles. The Hall–Kier alpha value is -3.49. The summed E-state index contributed by atoms with van der Waals surface area (Å²) in [6.45, 7) is 0.0473. The van der Waals surface area contributed by atoms with Crippen molar-refractivity contribution in [2.75, 3.05) is 0 Å². The number of aromatic nitrogens is 1. The van der Waals surface area contributed by atoms with Crippen LogP contribution in [0.15, 0.2) is 48.7 Å². The van der Waals surface area contributed by atoms with Crippen molar-refractivity contribution >= 4 is 17.7 Å². The minimum atomic E-state index is -1.16. The van der Waals surface area contributed by atoms with E-state index in [1.165, 1.54) is 12.1 Å². The van der Waals surface area contributed by atoms with Gasteiger partial charge in [-0.25, -0.2) is 9.59 Å². The van der Waals surface area contributed by atoms with Crippen LogP contribution in [0.5, 0.6) is 0 Å². The van der Waals surface area contributed by atoms with E-state index in [9.17, 15) is 24.8 Å². The lowest BCUT2D eigenvalue weighted by atomic mass is 10.1. The summed E-state index contributed by atoms with van der Waals surface area (Å²) in [6, 6.07) is 10.8. The van der Waals surface area contributed by atoms with Gasteiger partial charge in [-0.15, -0.1) is 0 Å². The average molecular weight is 373 g/mol. The van der Waals surface area contributed by atoms with Crippen molar-refractivity contribution < 1.29 is 24.4 Å². The highest BCUT2D eigenvalue weighted by atomic mass is 16.6. The molecule has 142 valence electrons. The van der Waals surface area contributed by atoms with E-state index < -0.39 is 23.0 Å². The molecule has 2 N–H and O–H groups in total. The molecule has 2 aromatic rings. The molecule has 1 aromatic carbocycles. The first kappa shape index (κ1) is 19.8. The summed E-state index contributed by atoms with van der Waals surface area (Å²) in [5.41, 5.74) is 1.30. The number of carboxylic acid groups (broad SMARTS) is 1. The van der Waals surface area contributed by atoms with Gasteiger partial charge in [-0.05, 0) is 30.9 Å². The van der Waals surface area contributed by atoms with E-state index in [0.29, 0.717) is 18.5 Å². The number of aryl methyl sites for hydroxylation is 1. The lowest BCUT2D eigenvalue weighted by Crippen LogP contribution is -2.41. The summed E-state index contributed by atoms with van der Waals surface area (Å²) in [5.74, 6) is -1.16. The Morgan fingerprint density at radius 1 is 1.22 bits per heavy atom. The number of nitro groups is 1. The number of hydrogen-bond donors (Lipinski definition) is 2. The van der Waals surface area contributed by atoms with Crippen molar-refractivity contribution in [1.29, 1.82) is 0 Å². The maximum absolute atomic E-state index is 11.8. The van der Waals surface area contributed by atoms with Crippen molar-refractivity contribution in [2.45, 2.75) is 31.9 Å². The third-order valence-corrected chi connectivity index (χ3v) is 3.75. The molecule has 9 heteroatoms. The number of ether oxygens (including phenoxy) is 1. The molecule has 0 bridgehead atoms. The predicted octanol–water partition coefficient (Wildman–Crippen LogP) is 2.69. The molecular formula is C18H19N3O6. The van der Waals surface area contributed by atoms with Crippen molar-refractivity contribution in [2.24, 2.45) is 0 Å². The van der Waals surface area contributed by atoms with Gasteiger partial charge >= 0.3 is 12.1 Å². The van der Waals surface area contributed by atoms with Crippen LogP contribution in [0.4, 0.5) is 10.5 Å². The molecule has 0 aliphatic rings. The van der Waals surface area contributed by atoms with E-state index in [2.05, 4.69) is 10.3 Å². The van der Waals surface area contributed by atoms with Gasteiger partial charge in [-0.3, -0.25) is 15.1 Å². The topological polar surface area (TPSA) is 132 Å². The number of pyridine rings is 1. The highest BCUT2D eigenvalue weighted by molar-refractivity contribution is 5.79. The Balaban J connectivity index is 1.78. The molecule has 0 unspecified atom stereocenters. The van der Waals surface area contributed by atoms with E-state index in [1.807, 2.05) is 18.2 Å². The first-order chi connectivity index (χ1) is 13.0. The summed E-state index contributed by atoms with van der Waals surface area (Å²) in [4.78, 5) is 37.1. The highest BCUT2D eigenvalue weighted by Gasteiger charge is 2.20. The molecule has 0 saturated carbocycles. The summed E-state index contributed by atoms with van der Waals surface area (Å²) in [5, 5.41) is 22.2. The predicted molar refractivity (Wildman–Crippen MR) is 95.0 cm³/mol. The average Bonchev–Trinajstić information content (AvgIpc) is 2.66. The number of nitrogens with zero attached hydrogens (tertiary/aromatic N) is 2. The number of aliphatic carboxylic acids is 1. The Kier molecular flexibility index (Phi) is 7.24. The summed E-state index contributed by atoms with van der Waals surface area (Å²) in [6.07, 6.45) is 1.39. The SMILES string of the molecule is O=C(N[C@@H](CCCc1ccc([N+](=O)[O-])cn1)C(=O)O)OCc1ccccc1. The molecule has 0 saturated heterocycles. The number of benzene rings is 1. The van der Waals surface area contributed by atoms with Crippen LogP contribution in [-0.4, -0.2) is 33.1 Å². The molecule has 9 nitrogen and oxygen atoms in total. The van der Waals surface area contributed by atoms with Gasteiger partial charge < -0.3 is 15.2 Å². The molecule has 0 fully saturated rings. The van der Waals surface area contributed by atoms with Crippen LogP contribution in [-0.2, 0) is 22.6 Å². The van der Waals surface area contributed by atoms with Crippen LogP contribution in [0, 0.1) is 10.1 Å². The third kappa shape index (κ3) is 6.73. The van der Waals surface area contributed by atoms with Crippen LogP contribution >= 0.6 is 0 Å². The van der Waals surface area contributed by atoms with Gasteiger partial charge in [0.25, 0.3) is 5.69 Å². The van der Waals surface area contributed by atoms with Crippen molar-refractivity contribution in [3.05, 3.63) is 70.0 Å². The summed E-state index contributed by atoms with van der Waals surface area (Å²) < 4.78 is 5.02. The van der Waals surface area contributed by atoms with E-state index in [0.717, 1.165) is 11.8 Å². The standard InChI is InChI=1S/C18H19N3O6/c22-17(23)16(20-18(24)27-12-13-5-2-1-3-6-13)8-4-7-14-9-10-15(11-19-14)21(25)26/h1-3,5-6,9-11,16H,4,7-8,12H2,(H,20,24)(H,22,23)/t16-/m0/s1. The number of rotatable bonds is 9. The quantitative estimate of drug-likeness (QED) is 0.510. The Morgan fingerprint density at radius 2 is 1.96 bits per heavy atom. The maximum Gasteiger partial charge on any atom is 0.408 e. The number of nitrogens with one attached hydrogen (secondary N) is 1. The van der Waals surface area contributed by atoms with E-state index >= 15 is 0 Å². The van der Waals surface area contributed by atoms with Crippen LogP contribution < -0.4 is 5.32 Å².